The highest BCUT2D eigenvalue weighted by Gasteiger charge is 2.42. The van der Waals surface area contributed by atoms with Gasteiger partial charge in [0.2, 0.25) is 16.0 Å². The molecule has 3 aromatic rings. The molecule has 1 saturated carbocycles. The van der Waals surface area contributed by atoms with Crippen LogP contribution in [0.25, 0.3) is 16.3 Å². The van der Waals surface area contributed by atoms with Crippen LogP contribution in [-0.2, 0) is 14.8 Å². The number of amides is 1. The predicted molar refractivity (Wildman–Crippen MR) is 141 cm³/mol. The van der Waals surface area contributed by atoms with Gasteiger partial charge in [-0.25, -0.2) is 26.7 Å². The first kappa shape index (κ1) is 28.5. The van der Waals surface area contributed by atoms with E-state index in [4.69, 9.17) is 4.74 Å². The van der Waals surface area contributed by atoms with Gasteiger partial charge in [-0.1, -0.05) is 11.3 Å². The van der Waals surface area contributed by atoms with Crippen molar-refractivity contribution in [2.24, 2.45) is 0 Å². The Hall–Kier alpha value is -3.02. The Kier molecular flexibility index (Phi) is 7.66. The Morgan fingerprint density at radius 1 is 1.23 bits per heavy atom. The molecule has 4 heterocycles. The van der Waals surface area contributed by atoms with Crippen molar-refractivity contribution in [2.45, 2.75) is 36.6 Å². The number of halogens is 3. The van der Waals surface area contributed by atoms with Gasteiger partial charge in [-0.15, -0.1) is 10.2 Å². The first-order valence-electron chi connectivity index (χ1n) is 12.6. The molecule has 1 N–H and O–H groups in total. The molecule has 12 nitrogen and oxygen atoms in total. The summed E-state index contributed by atoms with van der Waals surface area (Å²) >= 11 is 0.547. The molecule has 1 amide bonds. The van der Waals surface area contributed by atoms with Crippen LogP contribution in [-0.4, -0.2) is 103 Å². The summed E-state index contributed by atoms with van der Waals surface area (Å²) in [5.41, 5.74) is -0.373. The molecule has 0 aromatic carbocycles. The summed E-state index contributed by atoms with van der Waals surface area (Å²) in [6, 6.07) is 1.37. The largest absolute Gasteiger partial charge is 0.448 e. The van der Waals surface area contributed by atoms with E-state index in [1.807, 2.05) is 19.0 Å². The van der Waals surface area contributed by atoms with Crippen LogP contribution in [0, 0.1) is 5.95 Å². The summed E-state index contributed by atoms with van der Waals surface area (Å²) in [6.45, 7) is 3.66. The molecular formula is C23H29F3N8O4S2. The lowest BCUT2D eigenvalue weighted by molar-refractivity contribution is 0.0941. The highest BCUT2D eigenvalue weighted by atomic mass is 32.2. The molecule has 0 radical (unpaired) electrons. The van der Waals surface area contributed by atoms with Crippen molar-refractivity contribution >= 4 is 38.7 Å². The summed E-state index contributed by atoms with van der Waals surface area (Å²) in [4.78, 5) is 21.4. The van der Waals surface area contributed by atoms with E-state index in [0.717, 1.165) is 0 Å². The number of aromatic nitrogens is 4. The van der Waals surface area contributed by atoms with E-state index in [1.54, 1.807) is 11.8 Å². The van der Waals surface area contributed by atoms with E-state index in [1.165, 1.54) is 21.6 Å². The van der Waals surface area contributed by atoms with Crippen molar-refractivity contribution in [3.05, 3.63) is 23.2 Å². The number of ether oxygens (including phenoxy) is 1. The molecule has 1 aliphatic carbocycles. The maximum Gasteiger partial charge on any atom is 0.409 e. The first-order chi connectivity index (χ1) is 18.9. The number of alkyl halides is 2. The summed E-state index contributed by atoms with van der Waals surface area (Å²) in [5.74, 6) is -1.06. The summed E-state index contributed by atoms with van der Waals surface area (Å²) < 4.78 is 77.6. The summed E-state index contributed by atoms with van der Waals surface area (Å²) in [7, 11) is -0.302. The van der Waals surface area contributed by atoms with Crippen LogP contribution < -0.4 is 9.62 Å². The molecule has 218 valence electrons. The van der Waals surface area contributed by atoms with Crippen molar-refractivity contribution in [2.75, 3.05) is 58.3 Å². The molecule has 1 saturated heterocycles. The van der Waals surface area contributed by atoms with Crippen LogP contribution in [0.4, 0.5) is 23.7 Å². The molecule has 0 bridgehead atoms. The zero-order valence-corrected chi connectivity index (χ0v) is 23.7. The third-order valence-electron chi connectivity index (χ3n) is 6.80. The van der Waals surface area contributed by atoms with E-state index in [-0.39, 0.29) is 59.7 Å². The highest BCUT2D eigenvalue weighted by molar-refractivity contribution is 7.89. The Morgan fingerprint density at radius 3 is 2.52 bits per heavy atom. The highest BCUT2D eigenvalue weighted by Crippen LogP contribution is 2.38. The average molecular weight is 603 g/mol. The number of pyridine rings is 1. The van der Waals surface area contributed by atoms with Gasteiger partial charge in [0, 0.05) is 44.5 Å². The Balaban J connectivity index is 1.50. The van der Waals surface area contributed by atoms with Crippen molar-refractivity contribution in [3.8, 4) is 10.8 Å². The third-order valence-corrected chi connectivity index (χ3v) is 9.33. The Bertz CT molecular complexity index is 1520. The molecular weight excluding hydrogens is 573 g/mol. The van der Waals surface area contributed by atoms with Gasteiger partial charge in [0.1, 0.15) is 17.0 Å². The van der Waals surface area contributed by atoms with Crippen LogP contribution in [0.3, 0.4) is 0 Å². The van der Waals surface area contributed by atoms with Crippen LogP contribution in [0.1, 0.15) is 31.2 Å². The van der Waals surface area contributed by atoms with Crippen molar-refractivity contribution in [3.63, 3.8) is 0 Å². The normalized spacial score (nSPS) is 17.3. The van der Waals surface area contributed by atoms with E-state index in [2.05, 4.69) is 19.9 Å². The fourth-order valence-electron chi connectivity index (χ4n) is 4.29. The number of likely N-dealkylation sites (N-methyl/N-ethyl adjacent to an activating group) is 1. The first-order valence-corrected chi connectivity index (χ1v) is 14.9. The lowest BCUT2D eigenvalue weighted by atomic mass is 10.2. The maximum absolute atomic E-state index is 15.4. The van der Waals surface area contributed by atoms with Crippen molar-refractivity contribution in [1.82, 2.24) is 34.1 Å². The maximum atomic E-state index is 15.4. The Morgan fingerprint density at radius 2 is 1.93 bits per heavy atom. The average Bonchev–Trinajstić information content (AvgIpc) is 3.27. The van der Waals surface area contributed by atoms with E-state index in [9.17, 15) is 22.0 Å². The smallest absolute Gasteiger partial charge is 0.409 e. The molecule has 1 aliphatic heterocycles. The summed E-state index contributed by atoms with van der Waals surface area (Å²) in [6.07, 6.45) is -0.766. The number of carbonyl (C=O) groups is 1. The molecule has 2 fully saturated rings. The minimum absolute atomic E-state index is 0.0395. The van der Waals surface area contributed by atoms with Gasteiger partial charge in [0.05, 0.1) is 5.69 Å². The fraction of sp³-hybridized carbons (Fsp3) is 0.565. The lowest BCUT2D eigenvalue weighted by Crippen LogP contribution is -2.49. The van der Waals surface area contributed by atoms with Gasteiger partial charge >= 0.3 is 6.09 Å². The van der Waals surface area contributed by atoms with Gasteiger partial charge in [-0.05, 0) is 39.9 Å². The Labute approximate surface area is 232 Å². The monoisotopic (exact) mass is 602 g/mol. The van der Waals surface area contributed by atoms with Crippen LogP contribution in [0.15, 0.2) is 17.2 Å². The number of fused-ring (bicyclic) bond motifs is 1. The third kappa shape index (κ3) is 5.87. The van der Waals surface area contributed by atoms with E-state index in [0.29, 0.717) is 30.7 Å². The number of nitrogens with zero attached hydrogens (tertiary/aromatic N) is 7. The van der Waals surface area contributed by atoms with Crippen molar-refractivity contribution in [1.29, 1.82) is 0 Å². The molecule has 3 aromatic heterocycles. The topological polar surface area (TPSA) is 125 Å². The zero-order valence-electron chi connectivity index (χ0n) is 22.1. The molecule has 2 aliphatic rings. The minimum Gasteiger partial charge on any atom is -0.448 e. The molecule has 0 atom stereocenters. The molecule has 0 spiro atoms. The van der Waals surface area contributed by atoms with E-state index >= 15 is 4.39 Å². The number of imidazole rings is 1. The van der Waals surface area contributed by atoms with Crippen LogP contribution >= 0.6 is 11.3 Å². The molecule has 5 rings (SSSR count). The SMILES string of the molecule is CN(C)CCOC(=O)N1CCN(c2cc(S(=O)(=O)NC3(C)CC3)cn3c(-c4nnc(C(F)F)s4)nc(F)c23)CC1. The second kappa shape index (κ2) is 10.8. The number of anilines is 1. The number of rotatable bonds is 9. The summed E-state index contributed by atoms with van der Waals surface area (Å²) in [5, 5.41) is 6.55. The van der Waals surface area contributed by atoms with Crippen LogP contribution in [0.2, 0.25) is 0 Å². The zero-order chi connectivity index (χ0) is 28.8. The molecule has 17 heteroatoms. The number of piperazine rings is 1. The predicted octanol–water partition coefficient (Wildman–Crippen LogP) is 2.58. The molecule has 40 heavy (non-hydrogen) atoms. The van der Waals surface area contributed by atoms with Crippen LogP contribution in [0.5, 0.6) is 0 Å². The number of hydrogen-bond donors (Lipinski definition) is 1. The standard InChI is InChI=1S/C23H29F3N8O4S2/c1-23(4-5-23)30-40(36,37)14-12-15(32-6-8-33(9-7-32)22(35)38-11-10-31(2)3)16-18(26)27-19(34(16)13-14)21-29-28-20(39-21)17(24)25/h12-13,17,30H,4-11H2,1-3H3. The number of nitrogens with one attached hydrogen (secondary N) is 1. The number of carbonyl (C=O) groups excluding carboxylic acids is 1. The molecule has 0 unspecified atom stereocenters. The van der Waals surface area contributed by atoms with Gasteiger partial charge in [0.15, 0.2) is 15.8 Å². The van der Waals surface area contributed by atoms with Gasteiger partial charge in [0.25, 0.3) is 6.43 Å². The second-order valence-electron chi connectivity index (χ2n) is 10.3. The van der Waals surface area contributed by atoms with Gasteiger partial charge in [-0.3, -0.25) is 4.40 Å². The van der Waals surface area contributed by atoms with Gasteiger partial charge < -0.3 is 19.4 Å². The second-order valence-corrected chi connectivity index (χ2v) is 13.0. The number of sulfonamides is 1. The fourth-order valence-corrected chi connectivity index (χ4v) is 6.46. The quantitative estimate of drug-likeness (QED) is 0.394. The minimum atomic E-state index is -4.04. The lowest BCUT2D eigenvalue weighted by Gasteiger charge is -2.36. The number of hydrogen-bond acceptors (Lipinski definition) is 10. The van der Waals surface area contributed by atoms with Gasteiger partial charge in [-0.2, -0.15) is 9.37 Å². The van der Waals surface area contributed by atoms with E-state index < -0.39 is 39.0 Å². The van der Waals surface area contributed by atoms with Crippen molar-refractivity contribution < 1.29 is 31.1 Å².